The van der Waals surface area contributed by atoms with Gasteiger partial charge in [0.2, 0.25) is 0 Å². The Balaban J connectivity index is 2.04. The molecule has 1 saturated heterocycles. The molecule has 23 heavy (non-hydrogen) atoms. The second-order valence-electron chi connectivity index (χ2n) is 6.41. The summed E-state index contributed by atoms with van der Waals surface area (Å²) in [6.45, 7) is 4.40. The van der Waals surface area contributed by atoms with E-state index in [0.29, 0.717) is 6.61 Å². The van der Waals surface area contributed by atoms with E-state index in [9.17, 15) is 8.42 Å². The molecule has 0 aromatic rings. The van der Waals surface area contributed by atoms with E-state index < -0.39 is 16.5 Å². The van der Waals surface area contributed by atoms with Crippen molar-refractivity contribution in [2.75, 3.05) is 13.2 Å². The summed E-state index contributed by atoms with van der Waals surface area (Å²) in [6.07, 6.45) is 10.6. The van der Waals surface area contributed by atoms with Gasteiger partial charge in [-0.2, -0.15) is 8.42 Å². The van der Waals surface area contributed by atoms with Gasteiger partial charge in [0, 0.05) is 5.92 Å². The SMILES string of the molecule is CCCCCCCCCCC(C)C1OCC(COS(=O)(=O)O)O1. The lowest BCUT2D eigenvalue weighted by Crippen LogP contribution is -2.23. The summed E-state index contributed by atoms with van der Waals surface area (Å²) >= 11 is 0. The van der Waals surface area contributed by atoms with Crippen molar-refractivity contribution in [1.82, 2.24) is 0 Å². The van der Waals surface area contributed by atoms with Crippen LogP contribution in [0.3, 0.4) is 0 Å². The van der Waals surface area contributed by atoms with E-state index in [4.69, 9.17) is 14.0 Å². The summed E-state index contributed by atoms with van der Waals surface area (Å²) in [5.74, 6) is 0.269. The predicted molar refractivity (Wildman–Crippen MR) is 88.5 cm³/mol. The number of hydrogen-bond acceptors (Lipinski definition) is 5. The van der Waals surface area contributed by atoms with Crippen molar-refractivity contribution in [3.8, 4) is 0 Å². The largest absolute Gasteiger partial charge is 0.397 e. The molecule has 1 rings (SSSR count). The summed E-state index contributed by atoms with van der Waals surface area (Å²) in [5.41, 5.74) is 0. The van der Waals surface area contributed by atoms with Crippen molar-refractivity contribution >= 4 is 10.4 Å². The minimum Gasteiger partial charge on any atom is -0.350 e. The molecule has 0 radical (unpaired) electrons. The fourth-order valence-electron chi connectivity index (χ4n) is 2.75. The quantitative estimate of drug-likeness (QED) is 0.402. The number of unbranched alkanes of at least 4 members (excludes halogenated alkanes) is 7. The van der Waals surface area contributed by atoms with Gasteiger partial charge in [0.25, 0.3) is 0 Å². The Kier molecular flexibility index (Phi) is 10.3. The Morgan fingerprint density at radius 3 is 2.35 bits per heavy atom. The molecule has 1 heterocycles. The molecule has 0 saturated carbocycles. The average molecular weight is 352 g/mol. The molecule has 0 aromatic carbocycles. The van der Waals surface area contributed by atoms with E-state index in [0.717, 1.165) is 12.8 Å². The lowest BCUT2D eigenvalue weighted by molar-refractivity contribution is -0.0981. The van der Waals surface area contributed by atoms with Crippen molar-refractivity contribution in [2.24, 2.45) is 5.92 Å². The maximum Gasteiger partial charge on any atom is 0.397 e. The number of hydrogen-bond donors (Lipinski definition) is 1. The van der Waals surface area contributed by atoms with Crippen LogP contribution in [0.4, 0.5) is 0 Å². The van der Waals surface area contributed by atoms with Crippen LogP contribution in [0.15, 0.2) is 0 Å². The average Bonchev–Trinajstić information content (AvgIpc) is 2.96. The van der Waals surface area contributed by atoms with Gasteiger partial charge < -0.3 is 9.47 Å². The van der Waals surface area contributed by atoms with Gasteiger partial charge >= 0.3 is 10.4 Å². The lowest BCUT2D eigenvalue weighted by atomic mass is 10.0. The summed E-state index contributed by atoms with van der Waals surface area (Å²) in [7, 11) is -4.41. The van der Waals surface area contributed by atoms with Gasteiger partial charge in [-0.25, -0.2) is 4.18 Å². The molecule has 0 aromatic heterocycles. The first-order chi connectivity index (χ1) is 10.9. The standard InChI is InChI=1S/C16H32O6S/c1-3-4-5-6-7-8-9-10-11-14(2)16-20-12-15(22-16)13-21-23(17,18)19/h14-16H,3-13H2,1-2H3,(H,17,18,19). The third kappa shape index (κ3) is 10.3. The molecule has 0 amide bonds. The van der Waals surface area contributed by atoms with Gasteiger partial charge in [0.15, 0.2) is 6.29 Å². The topological polar surface area (TPSA) is 82.1 Å². The Morgan fingerprint density at radius 1 is 1.13 bits per heavy atom. The third-order valence-corrected chi connectivity index (χ3v) is 4.59. The minimum atomic E-state index is -4.41. The smallest absolute Gasteiger partial charge is 0.350 e. The van der Waals surface area contributed by atoms with Crippen LogP contribution in [0.2, 0.25) is 0 Å². The zero-order chi connectivity index (χ0) is 17.1. The fraction of sp³-hybridized carbons (Fsp3) is 1.00. The van der Waals surface area contributed by atoms with E-state index in [2.05, 4.69) is 18.0 Å². The van der Waals surface area contributed by atoms with Crippen LogP contribution in [0, 0.1) is 5.92 Å². The first kappa shape index (κ1) is 20.8. The first-order valence-corrected chi connectivity index (χ1v) is 10.2. The molecule has 1 aliphatic heterocycles. The van der Waals surface area contributed by atoms with Crippen LogP contribution in [0.25, 0.3) is 0 Å². The molecule has 0 spiro atoms. The van der Waals surface area contributed by atoms with Crippen LogP contribution >= 0.6 is 0 Å². The van der Waals surface area contributed by atoms with Gasteiger partial charge in [0.1, 0.15) is 6.10 Å². The zero-order valence-corrected chi connectivity index (χ0v) is 15.2. The summed E-state index contributed by atoms with van der Waals surface area (Å²) in [4.78, 5) is 0. The van der Waals surface area contributed by atoms with E-state index in [1.54, 1.807) is 0 Å². The Morgan fingerprint density at radius 2 is 1.74 bits per heavy atom. The summed E-state index contributed by atoms with van der Waals surface area (Å²) < 4.78 is 45.1. The fourth-order valence-corrected chi connectivity index (χ4v) is 3.08. The molecule has 0 bridgehead atoms. The van der Waals surface area contributed by atoms with Crippen molar-refractivity contribution in [3.05, 3.63) is 0 Å². The maximum absolute atomic E-state index is 10.5. The van der Waals surface area contributed by atoms with E-state index in [1.165, 1.54) is 44.9 Å². The Bertz CT molecular complexity index is 397. The van der Waals surface area contributed by atoms with Gasteiger partial charge in [-0.3, -0.25) is 4.55 Å². The second kappa shape index (κ2) is 11.4. The third-order valence-electron chi connectivity index (χ3n) is 4.15. The molecular weight excluding hydrogens is 320 g/mol. The van der Waals surface area contributed by atoms with E-state index >= 15 is 0 Å². The number of ether oxygens (including phenoxy) is 2. The highest BCUT2D eigenvalue weighted by molar-refractivity contribution is 7.80. The first-order valence-electron chi connectivity index (χ1n) is 8.81. The molecule has 1 fully saturated rings. The summed E-state index contributed by atoms with van der Waals surface area (Å²) in [5, 5.41) is 0. The monoisotopic (exact) mass is 352 g/mol. The van der Waals surface area contributed by atoms with Crippen LogP contribution in [-0.4, -0.2) is 38.6 Å². The van der Waals surface area contributed by atoms with Gasteiger partial charge in [-0.05, 0) is 6.42 Å². The van der Waals surface area contributed by atoms with Gasteiger partial charge in [-0.15, -0.1) is 0 Å². The molecule has 3 unspecified atom stereocenters. The van der Waals surface area contributed by atoms with Crippen LogP contribution in [0.1, 0.15) is 71.6 Å². The Hall–Kier alpha value is -0.210. The zero-order valence-electron chi connectivity index (χ0n) is 14.4. The molecule has 138 valence electrons. The molecule has 6 nitrogen and oxygen atoms in total. The van der Waals surface area contributed by atoms with Crippen molar-refractivity contribution in [1.29, 1.82) is 0 Å². The molecular formula is C16H32O6S. The van der Waals surface area contributed by atoms with Gasteiger partial charge in [0.05, 0.1) is 13.2 Å². The normalized spacial score (nSPS) is 23.3. The second-order valence-corrected chi connectivity index (χ2v) is 7.50. The molecule has 7 heteroatoms. The predicted octanol–water partition coefficient (Wildman–Crippen LogP) is 3.71. The number of rotatable bonds is 13. The van der Waals surface area contributed by atoms with Crippen molar-refractivity contribution in [3.63, 3.8) is 0 Å². The van der Waals surface area contributed by atoms with Crippen LogP contribution in [0.5, 0.6) is 0 Å². The summed E-state index contributed by atoms with van der Waals surface area (Å²) in [6, 6.07) is 0. The van der Waals surface area contributed by atoms with E-state index in [1.807, 2.05) is 0 Å². The molecule has 1 aliphatic rings. The Labute approximate surface area is 140 Å². The van der Waals surface area contributed by atoms with Crippen LogP contribution in [-0.2, 0) is 24.1 Å². The lowest BCUT2D eigenvalue weighted by Gasteiger charge is -2.18. The van der Waals surface area contributed by atoms with E-state index in [-0.39, 0.29) is 18.8 Å². The minimum absolute atomic E-state index is 0.209. The highest BCUT2D eigenvalue weighted by Crippen LogP contribution is 2.24. The maximum atomic E-state index is 10.5. The molecule has 0 aliphatic carbocycles. The highest BCUT2D eigenvalue weighted by atomic mass is 32.3. The molecule has 3 atom stereocenters. The molecule has 1 N–H and O–H groups in total. The van der Waals surface area contributed by atoms with Crippen molar-refractivity contribution in [2.45, 2.75) is 84.0 Å². The highest BCUT2D eigenvalue weighted by Gasteiger charge is 2.31. The van der Waals surface area contributed by atoms with Gasteiger partial charge in [-0.1, -0.05) is 65.2 Å². The van der Waals surface area contributed by atoms with Crippen molar-refractivity contribution < 1.29 is 26.6 Å². The van der Waals surface area contributed by atoms with Crippen LogP contribution < -0.4 is 0 Å².